The Hall–Kier alpha value is -2.97. The summed E-state index contributed by atoms with van der Waals surface area (Å²) < 4.78 is 5.27. The highest BCUT2D eigenvalue weighted by molar-refractivity contribution is 7.12. The summed E-state index contributed by atoms with van der Waals surface area (Å²) in [5.41, 5.74) is 5.64. The Morgan fingerprint density at radius 3 is 2.61 bits per heavy atom. The van der Waals surface area contributed by atoms with Gasteiger partial charge in [0.05, 0.1) is 19.2 Å². The van der Waals surface area contributed by atoms with Crippen molar-refractivity contribution in [2.45, 2.75) is 66.0 Å². The van der Waals surface area contributed by atoms with Crippen molar-refractivity contribution in [3.63, 3.8) is 0 Å². The number of aromatic nitrogens is 2. The Kier molecular flexibility index (Phi) is 7.73. The molecule has 3 aromatic heterocycles. The number of ether oxygens (including phenoxy) is 1. The van der Waals surface area contributed by atoms with Crippen LogP contribution in [0.25, 0.3) is 0 Å². The van der Waals surface area contributed by atoms with Crippen molar-refractivity contribution in [3.05, 3.63) is 78.0 Å². The van der Waals surface area contributed by atoms with E-state index in [9.17, 15) is 9.59 Å². The maximum atomic E-state index is 13.6. The van der Waals surface area contributed by atoms with Crippen LogP contribution in [0.3, 0.4) is 0 Å². The number of aromatic amines is 1. The molecule has 38 heavy (non-hydrogen) atoms. The Morgan fingerprint density at radius 1 is 1.13 bits per heavy atom. The van der Waals surface area contributed by atoms with Gasteiger partial charge in [-0.15, -0.1) is 11.3 Å². The third-order valence-electron chi connectivity index (χ3n) is 8.38. The van der Waals surface area contributed by atoms with Crippen LogP contribution in [0.1, 0.15) is 73.7 Å². The molecule has 1 atom stereocenters. The predicted octanol–water partition coefficient (Wildman–Crippen LogP) is 4.98. The number of fused-ring (bicyclic) bond motifs is 1. The molecule has 8 heteroatoms. The van der Waals surface area contributed by atoms with Crippen LogP contribution in [0.4, 0.5) is 0 Å². The van der Waals surface area contributed by atoms with Crippen LogP contribution in [0.5, 0.6) is 5.88 Å². The lowest BCUT2D eigenvalue weighted by Gasteiger charge is -2.35. The summed E-state index contributed by atoms with van der Waals surface area (Å²) >= 11 is 1.84. The number of amides is 1. The number of aryl methyl sites for hydroxylation is 2. The first-order valence-corrected chi connectivity index (χ1v) is 14.4. The molecule has 0 aromatic carbocycles. The van der Waals surface area contributed by atoms with Crippen molar-refractivity contribution in [1.82, 2.24) is 19.8 Å². The van der Waals surface area contributed by atoms with Crippen molar-refractivity contribution in [2.75, 3.05) is 26.7 Å². The van der Waals surface area contributed by atoms with Gasteiger partial charge < -0.3 is 14.6 Å². The van der Waals surface area contributed by atoms with E-state index in [0.717, 1.165) is 61.3 Å². The highest BCUT2D eigenvalue weighted by atomic mass is 32.1. The second kappa shape index (κ2) is 11.0. The van der Waals surface area contributed by atoms with Crippen molar-refractivity contribution in [1.29, 1.82) is 0 Å². The highest BCUT2D eigenvalue weighted by Gasteiger charge is 2.34. The van der Waals surface area contributed by atoms with Gasteiger partial charge in [0.15, 0.2) is 0 Å². The van der Waals surface area contributed by atoms with Gasteiger partial charge in [-0.1, -0.05) is 6.92 Å². The maximum Gasteiger partial charge on any atom is 0.255 e. The number of nitrogens with zero attached hydrogens (tertiary/aromatic N) is 3. The molecule has 7 nitrogen and oxygen atoms in total. The molecule has 0 radical (unpaired) electrons. The van der Waals surface area contributed by atoms with Gasteiger partial charge in [0.2, 0.25) is 5.88 Å². The number of piperidine rings is 1. The summed E-state index contributed by atoms with van der Waals surface area (Å²) in [7, 11) is 1.65. The van der Waals surface area contributed by atoms with E-state index >= 15 is 0 Å². The van der Waals surface area contributed by atoms with Crippen LogP contribution in [0.15, 0.2) is 29.2 Å². The molecule has 5 heterocycles. The van der Waals surface area contributed by atoms with Crippen molar-refractivity contribution in [3.8, 4) is 5.88 Å². The van der Waals surface area contributed by atoms with Crippen molar-refractivity contribution < 1.29 is 9.53 Å². The van der Waals surface area contributed by atoms with Crippen LogP contribution >= 0.6 is 11.3 Å². The molecule has 1 saturated heterocycles. The first-order valence-electron chi connectivity index (χ1n) is 13.6. The molecule has 0 saturated carbocycles. The molecular weight excluding hydrogens is 496 g/mol. The number of carbonyl (C=O) groups is 1. The quantitative estimate of drug-likeness (QED) is 0.463. The minimum Gasteiger partial charge on any atom is -0.481 e. The van der Waals surface area contributed by atoms with E-state index in [-0.39, 0.29) is 11.5 Å². The number of pyridine rings is 2. The van der Waals surface area contributed by atoms with E-state index in [4.69, 9.17) is 4.74 Å². The second-order valence-electron chi connectivity index (χ2n) is 10.9. The zero-order chi connectivity index (χ0) is 27.0. The lowest BCUT2D eigenvalue weighted by Crippen LogP contribution is -2.38. The van der Waals surface area contributed by atoms with Crippen LogP contribution in [0.2, 0.25) is 0 Å². The third-order valence-corrected chi connectivity index (χ3v) is 9.93. The van der Waals surface area contributed by atoms with E-state index in [1.165, 1.54) is 15.3 Å². The maximum absolute atomic E-state index is 13.6. The predicted molar refractivity (Wildman–Crippen MR) is 151 cm³/mol. The largest absolute Gasteiger partial charge is 0.481 e. The van der Waals surface area contributed by atoms with Crippen LogP contribution in [0, 0.1) is 26.7 Å². The number of H-pyrrole nitrogens is 1. The summed E-state index contributed by atoms with van der Waals surface area (Å²) in [4.78, 5) is 40.2. The molecule has 1 N–H and O–H groups in total. The topological polar surface area (TPSA) is 78.5 Å². The molecule has 1 fully saturated rings. The fourth-order valence-electron chi connectivity index (χ4n) is 6.14. The first kappa shape index (κ1) is 26.6. The van der Waals surface area contributed by atoms with Gasteiger partial charge in [0.25, 0.3) is 11.5 Å². The van der Waals surface area contributed by atoms with Crippen molar-refractivity contribution >= 4 is 17.2 Å². The average molecular weight is 535 g/mol. The number of hydrogen-bond acceptors (Lipinski definition) is 6. The van der Waals surface area contributed by atoms with Gasteiger partial charge in [-0.05, 0) is 87.4 Å². The molecule has 5 rings (SSSR count). The van der Waals surface area contributed by atoms with Gasteiger partial charge in [-0.2, -0.15) is 0 Å². The summed E-state index contributed by atoms with van der Waals surface area (Å²) in [6.07, 6.45) is 4.98. The number of nitrogens with one attached hydrogen (secondary N) is 1. The molecule has 2 aliphatic rings. The molecule has 202 valence electrons. The summed E-state index contributed by atoms with van der Waals surface area (Å²) in [6.45, 7) is 12.4. The summed E-state index contributed by atoms with van der Waals surface area (Å²) in [5, 5.41) is 0. The lowest BCUT2D eigenvalue weighted by atomic mass is 9.83. The van der Waals surface area contributed by atoms with Gasteiger partial charge >= 0.3 is 0 Å². The van der Waals surface area contributed by atoms with Gasteiger partial charge in [0.1, 0.15) is 0 Å². The monoisotopic (exact) mass is 534 g/mol. The normalized spacial score (nSPS) is 17.5. The molecule has 1 amide bonds. The van der Waals surface area contributed by atoms with Gasteiger partial charge in [-0.25, -0.2) is 4.98 Å². The van der Waals surface area contributed by atoms with E-state index in [0.29, 0.717) is 36.4 Å². The Labute approximate surface area is 228 Å². The first-order chi connectivity index (χ1) is 18.2. The van der Waals surface area contributed by atoms with E-state index < -0.39 is 0 Å². The summed E-state index contributed by atoms with van der Waals surface area (Å²) in [5.74, 6) is 1.77. The number of hydrogen-bond donors (Lipinski definition) is 1. The minimum absolute atomic E-state index is 0.0698. The smallest absolute Gasteiger partial charge is 0.255 e. The molecule has 0 aliphatic carbocycles. The fraction of sp³-hybridized carbons (Fsp3) is 0.500. The lowest BCUT2D eigenvalue weighted by molar-refractivity contribution is 0.0727. The molecular formula is C30H38N4O3S. The Morgan fingerprint density at radius 2 is 1.89 bits per heavy atom. The number of rotatable bonds is 7. The van der Waals surface area contributed by atoms with Crippen molar-refractivity contribution in [2.24, 2.45) is 5.92 Å². The molecule has 0 unspecified atom stereocenters. The SMILES string of the molecule is COc1cc(CN2CCC([C@@H](C)c3sc4c(c3C)C(=O)N(Cc3c(C)cc(C)[nH]c3=O)CC4)CC2)ccn1. The Balaban J connectivity index is 1.25. The highest BCUT2D eigenvalue weighted by Crippen LogP contribution is 2.42. The molecule has 2 aliphatic heterocycles. The zero-order valence-corrected chi connectivity index (χ0v) is 23.9. The van der Waals surface area contributed by atoms with Crippen LogP contribution < -0.4 is 10.3 Å². The van der Waals surface area contributed by atoms with Gasteiger partial charge in [-0.3, -0.25) is 14.5 Å². The number of carbonyl (C=O) groups excluding carboxylic acids is 1. The molecule has 0 bridgehead atoms. The fourth-order valence-corrected chi connectivity index (χ4v) is 7.58. The molecule has 3 aromatic rings. The summed E-state index contributed by atoms with van der Waals surface area (Å²) in [6, 6.07) is 6.06. The molecule has 0 spiro atoms. The number of likely N-dealkylation sites (tertiary alicyclic amines) is 1. The van der Waals surface area contributed by atoms with E-state index in [1.54, 1.807) is 7.11 Å². The minimum atomic E-state index is -0.0909. The van der Waals surface area contributed by atoms with Gasteiger partial charge in [0, 0.05) is 52.8 Å². The Bertz CT molecular complexity index is 1390. The van der Waals surface area contributed by atoms with E-state index in [1.807, 2.05) is 48.4 Å². The standard InChI is InChI=1S/C30H38N4O3S/c1-18-14-19(2)32-29(35)24(18)17-34-13-9-25-27(30(34)36)21(4)28(38-25)20(3)23-7-11-33(12-8-23)16-22-6-10-31-26(15-22)37-5/h6,10,14-15,20,23H,7-9,11-13,16-17H2,1-5H3,(H,32,35)/t20-/m1/s1. The number of methoxy groups -OCH3 is 1. The van der Waals surface area contributed by atoms with Crippen LogP contribution in [-0.4, -0.2) is 52.4 Å². The number of thiophene rings is 1. The second-order valence-corrected chi connectivity index (χ2v) is 12.1. The van der Waals surface area contributed by atoms with E-state index in [2.05, 4.69) is 34.8 Å². The average Bonchev–Trinajstić information content (AvgIpc) is 3.24. The van der Waals surface area contributed by atoms with Crippen LogP contribution in [-0.2, 0) is 19.5 Å². The zero-order valence-electron chi connectivity index (χ0n) is 23.1. The third kappa shape index (κ3) is 5.29.